The van der Waals surface area contributed by atoms with Gasteiger partial charge in [-0.2, -0.15) is 0 Å². The summed E-state index contributed by atoms with van der Waals surface area (Å²) in [5.41, 5.74) is -0.599. The zero-order chi connectivity index (χ0) is 11.5. The van der Waals surface area contributed by atoms with Crippen LogP contribution < -0.4 is 5.32 Å². The molecule has 1 atom stereocenters. The first-order valence-corrected chi connectivity index (χ1v) is 5.50. The molecule has 4 nitrogen and oxygen atoms in total. The van der Waals surface area contributed by atoms with Crippen LogP contribution in [0.2, 0.25) is 0 Å². The van der Waals surface area contributed by atoms with Gasteiger partial charge in [-0.05, 0) is 26.2 Å². The summed E-state index contributed by atoms with van der Waals surface area (Å²) < 4.78 is 0. The number of hydrogen-bond acceptors (Lipinski definition) is 2. The maximum absolute atomic E-state index is 11.7. The molecule has 0 spiro atoms. The molecule has 1 saturated carbocycles. The molecule has 0 aromatic rings. The van der Waals surface area contributed by atoms with Crippen molar-refractivity contribution in [1.29, 1.82) is 0 Å². The van der Waals surface area contributed by atoms with Crippen molar-refractivity contribution in [2.75, 3.05) is 0 Å². The molecule has 0 aromatic carbocycles. The SMILES string of the molecule is CCC(C)(CC(=O)O)NC(=O)C1CCC1. The van der Waals surface area contributed by atoms with E-state index in [4.69, 9.17) is 5.11 Å². The van der Waals surface area contributed by atoms with E-state index in [1.807, 2.05) is 6.92 Å². The van der Waals surface area contributed by atoms with Gasteiger partial charge in [0.05, 0.1) is 6.42 Å². The third-order valence-corrected chi connectivity index (χ3v) is 3.22. The molecular weight excluding hydrogens is 194 g/mol. The van der Waals surface area contributed by atoms with Crippen molar-refractivity contribution in [3.8, 4) is 0 Å². The second-order valence-electron chi connectivity index (χ2n) is 4.60. The summed E-state index contributed by atoms with van der Waals surface area (Å²) in [6.45, 7) is 3.68. The summed E-state index contributed by atoms with van der Waals surface area (Å²) in [6, 6.07) is 0. The van der Waals surface area contributed by atoms with Crippen molar-refractivity contribution in [2.24, 2.45) is 5.92 Å². The molecule has 86 valence electrons. The van der Waals surface area contributed by atoms with Crippen molar-refractivity contribution in [3.05, 3.63) is 0 Å². The highest BCUT2D eigenvalue weighted by molar-refractivity contribution is 5.81. The van der Waals surface area contributed by atoms with Crippen molar-refractivity contribution in [3.63, 3.8) is 0 Å². The van der Waals surface area contributed by atoms with Gasteiger partial charge in [0.25, 0.3) is 0 Å². The van der Waals surface area contributed by atoms with Gasteiger partial charge >= 0.3 is 5.97 Å². The Kier molecular flexibility index (Phi) is 3.72. The Morgan fingerprint density at radius 3 is 2.40 bits per heavy atom. The van der Waals surface area contributed by atoms with Crippen LogP contribution in [0.4, 0.5) is 0 Å². The molecule has 1 aliphatic carbocycles. The fourth-order valence-electron chi connectivity index (χ4n) is 1.66. The highest BCUT2D eigenvalue weighted by Gasteiger charge is 2.32. The van der Waals surface area contributed by atoms with Crippen LogP contribution in [0.3, 0.4) is 0 Å². The summed E-state index contributed by atoms with van der Waals surface area (Å²) in [7, 11) is 0. The van der Waals surface area contributed by atoms with E-state index >= 15 is 0 Å². The number of carboxylic acids is 1. The maximum Gasteiger partial charge on any atom is 0.305 e. The molecule has 0 saturated heterocycles. The van der Waals surface area contributed by atoms with Crippen molar-refractivity contribution < 1.29 is 14.7 Å². The van der Waals surface area contributed by atoms with Gasteiger partial charge in [0, 0.05) is 11.5 Å². The average Bonchev–Trinajstić information content (AvgIpc) is 1.98. The van der Waals surface area contributed by atoms with Crippen LogP contribution in [0.1, 0.15) is 46.0 Å². The first-order valence-electron chi connectivity index (χ1n) is 5.50. The number of rotatable bonds is 5. The number of carbonyl (C=O) groups excluding carboxylic acids is 1. The van der Waals surface area contributed by atoms with Crippen LogP contribution in [0.25, 0.3) is 0 Å². The van der Waals surface area contributed by atoms with Crippen LogP contribution in [0.15, 0.2) is 0 Å². The minimum absolute atomic E-state index is 0.0119. The molecule has 1 aliphatic rings. The highest BCUT2D eigenvalue weighted by Crippen LogP contribution is 2.27. The Hall–Kier alpha value is -1.06. The molecule has 4 heteroatoms. The quantitative estimate of drug-likeness (QED) is 0.728. The first-order chi connectivity index (χ1) is 6.97. The fourth-order valence-corrected chi connectivity index (χ4v) is 1.66. The zero-order valence-corrected chi connectivity index (χ0v) is 9.38. The lowest BCUT2D eigenvalue weighted by Crippen LogP contribution is -2.50. The predicted molar refractivity (Wildman–Crippen MR) is 56.4 cm³/mol. The lowest BCUT2D eigenvalue weighted by atomic mass is 9.83. The van der Waals surface area contributed by atoms with Gasteiger partial charge in [-0.3, -0.25) is 9.59 Å². The van der Waals surface area contributed by atoms with Gasteiger partial charge in [-0.15, -0.1) is 0 Å². The van der Waals surface area contributed by atoms with E-state index < -0.39 is 11.5 Å². The van der Waals surface area contributed by atoms with E-state index in [9.17, 15) is 9.59 Å². The van der Waals surface area contributed by atoms with Gasteiger partial charge in [-0.25, -0.2) is 0 Å². The molecule has 1 amide bonds. The van der Waals surface area contributed by atoms with Crippen LogP contribution in [-0.2, 0) is 9.59 Å². The lowest BCUT2D eigenvalue weighted by Gasteiger charge is -2.32. The number of carboxylic acid groups (broad SMARTS) is 1. The van der Waals surface area contributed by atoms with Gasteiger partial charge in [-0.1, -0.05) is 13.3 Å². The molecule has 0 bridgehead atoms. The topological polar surface area (TPSA) is 66.4 Å². The zero-order valence-electron chi connectivity index (χ0n) is 9.38. The van der Waals surface area contributed by atoms with Gasteiger partial charge in [0.15, 0.2) is 0 Å². The van der Waals surface area contributed by atoms with Crippen LogP contribution in [0, 0.1) is 5.92 Å². The summed E-state index contributed by atoms with van der Waals surface area (Å²) in [6.07, 6.45) is 3.62. The van der Waals surface area contributed by atoms with Crippen LogP contribution in [0.5, 0.6) is 0 Å². The Bertz CT molecular complexity index is 261. The van der Waals surface area contributed by atoms with Gasteiger partial charge in [0.2, 0.25) is 5.91 Å². The number of amides is 1. The normalized spacial score (nSPS) is 20.1. The molecule has 0 aliphatic heterocycles. The Balaban J connectivity index is 2.50. The van der Waals surface area contributed by atoms with E-state index in [1.54, 1.807) is 6.92 Å². The smallest absolute Gasteiger partial charge is 0.305 e. The van der Waals surface area contributed by atoms with Crippen molar-refractivity contribution >= 4 is 11.9 Å². The number of aliphatic carboxylic acids is 1. The van der Waals surface area contributed by atoms with E-state index in [0.717, 1.165) is 19.3 Å². The van der Waals surface area contributed by atoms with E-state index in [0.29, 0.717) is 6.42 Å². The molecular formula is C11H19NO3. The molecule has 1 fully saturated rings. The lowest BCUT2D eigenvalue weighted by molar-refractivity contribution is -0.139. The standard InChI is InChI=1S/C11H19NO3/c1-3-11(2,7-9(13)14)12-10(15)8-5-4-6-8/h8H,3-7H2,1-2H3,(H,12,15)(H,13,14). The minimum atomic E-state index is -0.867. The summed E-state index contributed by atoms with van der Waals surface area (Å²) in [5, 5.41) is 11.6. The number of carbonyl (C=O) groups is 2. The molecule has 0 heterocycles. The minimum Gasteiger partial charge on any atom is -0.481 e. The second kappa shape index (κ2) is 4.64. The monoisotopic (exact) mass is 213 g/mol. The third-order valence-electron chi connectivity index (χ3n) is 3.22. The van der Waals surface area contributed by atoms with E-state index in [2.05, 4.69) is 5.32 Å². The average molecular weight is 213 g/mol. The summed E-state index contributed by atoms with van der Waals surface area (Å²) in [4.78, 5) is 22.3. The molecule has 1 unspecified atom stereocenters. The molecule has 0 radical (unpaired) electrons. The second-order valence-corrected chi connectivity index (χ2v) is 4.60. The van der Waals surface area contributed by atoms with Crippen LogP contribution in [-0.4, -0.2) is 22.5 Å². The maximum atomic E-state index is 11.7. The van der Waals surface area contributed by atoms with E-state index in [1.165, 1.54) is 0 Å². The predicted octanol–water partition coefficient (Wildman–Crippen LogP) is 1.55. The first kappa shape index (κ1) is 12.0. The van der Waals surface area contributed by atoms with Crippen molar-refractivity contribution in [1.82, 2.24) is 5.32 Å². The Morgan fingerprint density at radius 2 is 2.07 bits per heavy atom. The molecule has 0 aromatic heterocycles. The molecule has 1 rings (SSSR count). The fraction of sp³-hybridized carbons (Fsp3) is 0.818. The van der Waals surface area contributed by atoms with Crippen LogP contribution >= 0.6 is 0 Å². The molecule has 15 heavy (non-hydrogen) atoms. The van der Waals surface area contributed by atoms with Crippen molar-refractivity contribution in [2.45, 2.75) is 51.5 Å². The van der Waals surface area contributed by atoms with Gasteiger partial charge < -0.3 is 10.4 Å². The highest BCUT2D eigenvalue weighted by atomic mass is 16.4. The van der Waals surface area contributed by atoms with E-state index in [-0.39, 0.29) is 18.2 Å². The Morgan fingerprint density at radius 1 is 1.47 bits per heavy atom. The number of nitrogens with one attached hydrogen (secondary N) is 1. The molecule has 2 N–H and O–H groups in total. The summed E-state index contributed by atoms with van der Waals surface area (Å²) >= 11 is 0. The van der Waals surface area contributed by atoms with Gasteiger partial charge in [0.1, 0.15) is 0 Å². The third kappa shape index (κ3) is 3.22. The number of hydrogen-bond donors (Lipinski definition) is 2. The summed E-state index contributed by atoms with van der Waals surface area (Å²) in [5.74, 6) is -0.732. The largest absolute Gasteiger partial charge is 0.481 e. The Labute approximate surface area is 90.0 Å².